The van der Waals surface area contributed by atoms with Crippen LogP contribution in [-0.4, -0.2) is 35.6 Å². The molecular weight excluding hydrogens is 281 g/mol. The molecule has 116 valence electrons. The number of rotatable bonds is 2. The number of nitrogens with two attached hydrogens (primary N) is 1. The van der Waals surface area contributed by atoms with E-state index in [0.29, 0.717) is 6.42 Å². The highest BCUT2D eigenvalue weighted by Gasteiger charge is 2.43. The van der Waals surface area contributed by atoms with Crippen LogP contribution in [0.5, 0.6) is 0 Å². The number of hydrogen-bond acceptors (Lipinski definition) is 2. The molecule has 1 aromatic rings. The molecule has 1 heterocycles. The first-order valence-corrected chi connectivity index (χ1v) is 6.89. The third-order valence-electron chi connectivity index (χ3n) is 4.12. The van der Waals surface area contributed by atoms with Crippen molar-refractivity contribution in [3.63, 3.8) is 0 Å². The van der Waals surface area contributed by atoms with Crippen LogP contribution < -0.4 is 5.73 Å². The van der Waals surface area contributed by atoms with Crippen LogP contribution in [0.2, 0.25) is 0 Å². The van der Waals surface area contributed by atoms with Crippen LogP contribution in [0.1, 0.15) is 30.4 Å². The fourth-order valence-corrected chi connectivity index (χ4v) is 3.01. The highest BCUT2D eigenvalue weighted by Crippen LogP contribution is 2.35. The number of nitrogens with zero attached hydrogens (tertiary/aromatic N) is 1. The minimum Gasteiger partial charge on any atom is -0.329 e. The SMILES string of the molecule is Cc1ccccc1C1C[C@H](N)C(=O)N(CC(F)(F)F)[C@@H]1C. The Kier molecular flexibility index (Phi) is 4.27. The molecule has 0 bridgehead atoms. The highest BCUT2D eigenvalue weighted by molar-refractivity contribution is 5.83. The second-order valence-corrected chi connectivity index (χ2v) is 5.63. The molecule has 1 aliphatic rings. The standard InChI is InChI=1S/C15H19F3N2O/c1-9-5-3-4-6-11(9)12-7-13(19)14(21)20(10(12)2)8-15(16,17)18/h3-6,10,12-13H,7-8,19H2,1-2H3/t10-,12?,13+/m1/s1. The van der Waals surface area contributed by atoms with Crippen molar-refractivity contribution < 1.29 is 18.0 Å². The Bertz CT molecular complexity index is 530. The van der Waals surface area contributed by atoms with Gasteiger partial charge in [-0.3, -0.25) is 4.79 Å². The van der Waals surface area contributed by atoms with Gasteiger partial charge in [-0.15, -0.1) is 0 Å². The van der Waals surface area contributed by atoms with E-state index in [1.54, 1.807) is 6.92 Å². The highest BCUT2D eigenvalue weighted by atomic mass is 19.4. The van der Waals surface area contributed by atoms with E-state index in [2.05, 4.69) is 0 Å². The fraction of sp³-hybridized carbons (Fsp3) is 0.533. The summed E-state index contributed by atoms with van der Waals surface area (Å²) in [5.74, 6) is -0.800. The van der Waals surface area contributed by atoms with Crippen molar-refractivity contribution in [2.45, 2.75) is 44.4 Å². The lowest BCUT2D eigenvalue weighted by Gasteiger charge is -2.42. The minimum absolute atomic E-state index is 0.179. The molecule has 0 saturated carbocycles. The molecule has 2 rings (SSSR count). The Balaban J connectivity index is 2.32. The predicted molar refractivity (Wildman–Crippen MR) is 73.7 cm³/mol. The molecule has 1 fully saturated rings. The number of halogens is 3. The topological polar surface area (TPSA) is 46.3 Å². The number of benzene rings is 1. The van der Waals surface area contributed by atoms with Crippen molar-refractivity contribution >= 4 is 5.91 Å². The summed E-state index contributed by atoms with van der Waals surface area (Å²) in [7, 11) is 0. The van der Waals surface area contributed by atoms with Gasteiger partial charge < -0.3 is 10.6 Å². The van der Waals surface area contributed by atoms with E-state index in [1.807, 2.05) is 31.2 Å². The third-order valence-corrected chi connectivity index (χ3v) is 4.12. The van der Waals surface area contributed by atoms with Crippen molar-refractivity contribution in [2.75, 3.05) is 6.54 Å². The van der Waals surface area contributed by atoms with Gasteiger partial charge in [0.15, 0.2) is 0 Å². The van der Waals surface area contributed by atoms with Gasteiger partial charge in [0.05, 0.1) is 6.04 Å². The number of amides is 1. The molecule has 1 aromatic carbocycles. The molecule has 1 saturated heterocycles. The zero-order chi connectivity index (χ0) is 15.8. The Morgan fingerprint density at radius 3 is 2.52 bits per heavy atom. The van der Waals surface area contributed by atoms with Gasteiger partial charge in [-0.2, -0.15) is 13.2 Å². The lowest BCUT2D eigenvalue weighted by molar-refractivity contribution is -0.170. The minimum atomic E-state index is -4.42. The first-order chi connectivity index (χ1) is 9.70. The maximum absolute atomic E-state index is 12.7. The number of carbonyl (C=O) groups excluding carboxylic acids is 1. The molecular formula is C15H19F3N2O. The second kappa shape index (κ2) is 5.67. The maximum atomic E-state index is 12.7. The van der Waals surface area contributed by atoms with Gasteiger partial charge in [0.25, 0.3) is 0 Å². The van der Waals surface area contributed by atoms with Crippen LogP contribution >= 0.6 is 0 Å². The van der Waals surface area contributed by atoms with Gasteiger partial charge in [0.2, 0.25) is 5.91 Å². The predicted octanol–water partition coefficient (Wildman–Crippen LogP) is 2.59. The number of likely N-dealkylation sites (tertiary alicyclic amines) is 1. The maximum Gasteiger partial charge on any atom is 0.406 e. The Morgan fingerprint density at radius 1 is 1.33 bits per heavy atom. The lowest BCUT2D eigenvalue weighted by Crippen LogP contribution is -2.57. The summed E-state index contributed by atoms with van der Waals surface area (Å²) in [4.78, 5) is 12.8. The van der Waals surface area contributed by atoms with Crippen LogP contribution in [0.15, 0.2) is 24.3 Å². The van der Waals surface area contributed by atoms with Crippen molar-refractivity contribution in [3.05, 3.63) is 35.4 Å². The lowest BCUT2D eigenvalue weighted by atomic mass is 9.80. The zero-order valence-corrected chi connectivity index (χ0v) is 12.0. The summed E-state index contributed by atoms with van der Waals surface area (Å²) in [5.41, 5.74) is 7.73. The van der Waals surface area contributed by atoms with E-state index in [1.165, 1.54) is 0 Å². The van der Waals surface area contributed by atoms with Gasteiger partial charge in [-0.1, -0.05) is 24.3 Å². The van der Waals surface area contributed by atoms with E-state index < -0.39 is 30.7 Å². The van der Waals surface area contributed by atoms with E-state index in [9.17, 15) is 18.0 Å². The molecule has 2 N–H and O–H groups in total. The van der Waals surface area contributed by atoms with Gasteiger partial charge in [0, 0.05) is 12.0 Å². The van der Waals surface area contributed by atoms with E-state index in [4.69, 9.17) is 5.73 Å². The normalized spacial score (nSPS) is 27.0. The summed E-state index contributed by atoms with van der Waals surface area (Å²) < 4.78 is 38.1. The van der Waals surface area contributed by atoms with Crippen LogP contribution in [-0.2, 0) is 4.79 Å². The number of alkyl halides is 3. The first-order valence-electron chi connectivity index (χ1n) is 6.89. The first kappa shape index (κ1) is 15.8. The Labute approximate surface area is 121 Å². The molecule has 1 amide bonds. The summed E-state index contributed by atoms with van der Waals surface area (Å²) in [6.45, 7) is 2.33. The smallest absolute Gasteiger partial charge is 0.329 e. The molecule has 0 aliphatic carbocycles. The second-order valence-electron chi connectivity index (χ2n) is 5.63. The molecule has 0 radical (unpaired) electrons. The molecule has 3 atom stereocenters. The third kappa shape index (κ3) is 3.37. The largest absolute Gasteiger partial charge is 0.406 e. The number of hydrogen-bond donors (Lipinski definition) is 1. The van der Waals surface area contributed by atoms with Gasteiger partial charge in [0.1, 0.15) is 6.54 Å². The summed E-state index contributed by atoms with van der Waals surface area (Å²) in [5, 5.41) is 0. The Hall–Kier alpha value is -1.56. The molecule has 1 unspecified atom stereocenters. The molecule has 0 spiro atoms. The van der Waals surface area contributed by atoms with E-state index >= 15 is 0 Å². The number of aryl methyl sites for hydroxylation is 1. The van der Waals surface area contributed by atoms with E-state index in [-0.39, 0.29) is 5.92 Å². The van der Waals surface area contributed by atoms with Crippen molar-refractivity contribution in [1.82, 2.24) is 4.90 Å². The summed E-state index contributed by atoms with van der Waals surface area (Å²) in [6.07, 6.45) is -4.05. The molecule has 0 aromatic heterocycles. The summed E-state index contributed by atoms with van der Waals surface area (Å²) >= 11 is 0. The van der Waals surface area contributed by atoms with Crippen LogP contribution in [0.25, 0.3) is 0 Å². The van der Waals surface area contributed by atoms with Gasteiger partial charge in [-0.25, -0.2) is 0 Å². The number of carbonyl (C=O) groups is 1. The van der Waals surface area contributed by atoms with Crippen LogP contribution in [0.4, 0.5) is 13.2 Å². The molecule has 6 heteroatoms. The molecule has 21 heavy (non-hydrogen) atoms. The average Bonchev–Trinajstić information content (AvgIpc) is 2.39. The monoisotopic (exact) mass is 300 g/mol. The summed E-state index contributed by atoms with van der Waals surface area (Å²) in [6, 6.07) is 6.13. The average molecular weight is 300 g/mol. The van der Waals surface area contributed by atoms with Crippen LogP contribution in [0.3, 0.4) is 0 Å². The molecule has 1 aliphatic heterocycles. The zero-order valence-electron chi connectivity index (χ0n) is 12.0. The van der Waals surface area contributed by atoms with Crippen molar-refractivity contribution in [1.29, 1.82) is 0 Å². The van der Waals surface area contributed by atoms with Crippen molar-refractivity contribution in [2.24, 2.45) is 5.73 Å². The van der Waals surface area contributed by atoms with Crippen LogP contribution in [0, 0.1) is 6.92 Å². The quantitative estimate of drug-likeness (QED) is 0.912. The fourth-order valence-electron chi connectivity index (χ4n) is 3.01. The van der Waals surface area contributed by atoms with E-state index in [0.717, 1.165) is 16.0 Å². The van der Waals surface area contributed by atoms with Gasteiger partial charge in [-0.05, 0) is 31.4 Å². The van der Waals surface area contributed by atoms with Gasteiger partial charge >= 0.3 is 6.18 Å². The van der Waals surface area contributed by atoms with Crippen molar-refractivity contribution in [3.8, 4) is 0 Å². The number of piperidine rings is 1. The Morgan fingerprint density at radius 2 is 1.95 bits per heavy atom. The molecule has 3 nitrogen and oxygen atoms in total.